The van der Waals surface area contributed by atoms with Crippen LogP contribution >= 0.6 is 0 Å². The molecule has 14 heteroatoms. The molecule has 0 aromatic rings. The summed E-state index contributed by atoms with van der Waals surface area (Å²) in [5.41, 5.74) is 0. The summed E-state index contributed by atoms with van der Waals surface area (Å²) in [4.78, 5) is 39.1. The first-order valence-electron chi connectivity index (χ1n) is 8.61. The lowest BCUT2D eigenvalue weighted by atomic mass is 9.97. The van der Waals surface area contributed by atoms with Crippen LogP contribution in [0, 0.1) is 5.92 Å². The van der Waals surface area contributed by atoms with Crippen molar-refractivity contribution < 1.29 is 70.2 Å². The Labute approximate surface area is 171 Å². The Morgan fingerprint density at radius 1 is 0.633 bits per heavy atom. The van der Waals surface area contributed by atoms with E-state index in [0.717, 1.165) is 19.3 Å². The Morgan fingerprint density at radius 3 is 1.03 bits per heavy atom. The molecule has 0 aliphatic heterocycles. The van der Waals surface area contributed by atoms with Crippen molar-refractivity contribution in [3.8, 4) is 0 Å². The lowest BCUT2D eigenvalue weighted by molar-refractivity contribution is -0.165. The number of carboxylic acid groups (broad SMARTS) is 4. The molecule has 0 saturated carbocycles. The third-order valence-electron chi connectivity index (χ3n) is 3.50. The number of aliphatic hydroxyl groups excluding tert-OH is 6. The Balaban J connectivity index is -0.000000364. The molecule has 0 radical (unpaired) electrons. The fraction of sp³-hybridized carbons (Fsp3) is 0.750. The van der Waals surface area contributed by atoms with E-state index in [0.29, 0.717) is 0 Å². The summed E-state index contributed by atoms with van der Waals surface area (Å²) in [6.45, 7) is 4.13. The predicted octanol–water partition coefficient (Wildman–Crippen LogP) is -3.08. The summed E-state index contributed by atoms with van der Waals surface area (Å²) < 4.78 is 0. The lowest BCUT2D eigenvalue weighted by Crippen LogP contribution is -2.39. The second kappa shape index (κ2) is 17.5. The highest BCUT2D eigenvalue weighted by atomic mass is 16.4. The van der Waals surface area contributed by atoms with Crippen LogP contribution in [0.2, 0.25) is 0 Å². The van der Waals surface area contributed by atoms with Crippen molar-refractivity contribution in [2.75, 3.05) is 6.61 Å². The Bertz CT molecular complexity index is 446. The molecule has 0 fully saturated rings. The first-order valence-corrected chi connectivity index (χ1v) is 8.61. The number of hydrogen-bond acceptors (Lipinski definition) is 10. The zero-order valence-corrected chi connectivity index (χ0v) is 16.4. The van der Waals surface area contributed by atoms with Gasteiger partial charge in [0.15, 0.2) is 24.4 Å². The average molecular weight is 446 g/mol. The molecule has 0 aromatic heterocycles. The van der Waals surface area contributed by atoms with Crippen LogP contribution in [0.3, 0.4) is 0 Å². The molecule has 0 aliphatic rings. The van der Waals surface area contributed by atoms with Crippen molar-refractivity contribution in [1.82, 2.24) is 0 Å². The van der Waals surface area contributed by atoms with E-state index >= 15 is 0 Å². The summed E-state index contributed by atoms with van der Waals surface area (Å²) in [7, 11) is 0. The minimum absolute atomic E-state index is 0.0833. The van der Waals surface area contributed by atoms with Crippen molar-refractivity contribution in [2.24, 2.45) is 5.92 Å². The summed E-state index contributed by atoms with van der Waals surface area (Å²) in [5.74, 6) is -6.99. The number of aliphatic carboxylic acids is 4. The third-order valence-corrected chi connectivity index (χ3v) is 3.50. The maximum atomic E-state index is 9.77. The van der Waals surface area contributed by atoms with Crippen LogP contribution in [-0.2, 0) is 19.2 Å². The zero-order chi connectivity index (χ0) is 24.6. The SMILES string of the molecule is CCCC(O)C(CC)CO.O=C(O)C(O)C(O)C(=O)O.O=C(O)C(O)C(O)C(=O)O. The van der Waals surface area contributed by atoms with Crippen molar-refractivity contribution >= 4 is 23.9 Å². The van der Waals surface area contributed by atoms with Crippen LogP contribution in [-0.4, -0.2) is 112 Å². The number of carboxylic acids is 4. The van der Waals surface area contributed by atoms with Gasteiger partial charge in [0.1, 0.15) is 0 Å². The summed E-state index contributed by atoms with van der Waals surface area (Å²) in [5, 5.41) is 83.2. The van der Waals surface area contributed by atoms with Crippen LogP contribution in [0.15, 0.2) is 0 Å². The fourth-order valence-electron chi connectivity index (χ4n) is 1.59. The van der Waals surface area contributed by atoms with Gasteiger partial charge in [0, 0.05) is 12.5 Å². The minimum Gasteiger partial charge on any atom is -0.479 e. The van der Waals surface area contributed by atoms with Gasteiger partial charge in [-0.1, -0.05) is 20.3 Å². The zero-order valence-electron chi connectivity index (χ0n) is 16.4. The van der Waals surface area contributed by atoms with Crippen LogP contribution in [0.25, 0.3) is 0 Å². The lowest BCUT2D eigenvalue weighted by Gasteiger charge is -2.17. The van der Waals surface area contributed by atoms with Crippen molar-refractivity contribution in [3.63, 3.8) is 0 Å². The van der Waals surface area contributed by atoms with Gasteiger partial charge in [-0.25, -0.2) is 19.2 Å². The van der Waals surface area contributed by atoms with E-state index in [-0.39, 0.29) is 18.6 Å². The largest absolute Gasteiger partial charge is 0.479 e. The fourth-order valence-corrected chi connectivity index (χ4v) is 1.59. The highest BCUT2D eigenvalue weighted by molar-refractivity contribution is 5.83. The molecule has 0 aliphatic carbocycles. The molecule has 6 unspecified atom stereocenters. The molecule has 0 spiro atoms. The first kappa shape index (κ1) is 32.3. The number of aliphatic hydroxyl groups is 6. The van der Waals surface area contributed by atoms with Gasteiger partial charge in [-0.3, -0.25) is 0 Å². The van der Waals surface area contributed by atoms with Gasteiger partial charge >= 0.3 is 23.9 Å². The molecule has 0 amide bonds. The highest BCUT2D eigenvalue weighted by Crippen LogP contribution is 2.12. The van der Waals surface area contributed by atoms with Crippen molar-refractivity contribution in [1.29, 1.82) is 0 Å². The molecule has 0 aromatic carbocycles. The Kier molecular flexibility index (Phi) is 18.8. The van der Waals surface area contributed by atoms with E-state index in [1.807, 2.05) is 13.8 Å². The maximum absolute atomic E-state index is 9.77. The predicted molar refractivity (Wildman–Crippen MR) is 96.4 cm³/mol. The first-order chi connectivity index (χ1) is 13.7. The van der Waals surface area contributed by atoms with E-state index in [9.17, 15) is 24.3 Å². The van der Waals surface area contributed by atoms with E-state index in [1.165, 1.54) is 0 Å². The molecule has 6 atom stereocenters. The smallest absolute Gasteiger partial charge is 0.335 e. The second-order valence-electron chi connectivity index (χ2n) is 5.84. The second-order valence-corrected chi connectivity index (χ2v) is 5.84. The van der Waals surface area contributed by atoms with Gasteiger partial charge in [-0.05, 0) is 12.8 Å². The molecule has 0 heterocycles. The molecule has 0 saturated heterocycles. The topological polar surface area (TPSA) is 271 Å². The molecule has 14 nitrogen and oxygen atoms in total. The van der Waals surface area contributed by atoms with Gasteiger partial charge in [-0.2, -0.15) is 0 Å². The van der Waals surface area contributed by atoms with Crippen LogP contribution < -0.4 is 0 Å². The molecule has 10 N–H and O–H groups in total. The van der Waals surface area contributed by atoms with Crippen LogP contribution in [0.4, 0.5) is 0 Å². The number of rotatable bonds is 11. The van der Waals surface area contributed by atoms with Gasteiger partial charge in [0.2, 0.25) is 0 Å². The van der Waals surface area contributed by atoms with E-state index in [4.69, 9.17) is 46.0 Å². The Morgan fingerprint density at radius 2 is 0.900 bits per heavy atom. The average Bonchev–Trinajstić information content (AvgIpc) is 2.67. The quantitative estimate of drug-likeness (QED) is 0.151. The molecular formula is C16H30O14. The Hall–Kier alpha value is -2.36. The molecular weight excluding hydrogens is 416 g/mol. The van der Waals surface area contributed by atoms with Gasteiger partial charge in [-0.15, -0.1) is 0 Å². The monoisotopic (exact) mass is 446 g/mol. The normalized spacial score (nSPS) is 16.1. The molecule has 30 heavy (non-hydrogen) atoms. The van der Waals surface area contributed by atoms with E-state index in [2.05, 4.69) is 0 Å². The molecule has 0 bridgehead atoms. The number of hydrogen-bond donors (Lipinski definition) is 10. The summed E-state index contributed by atoms with van der Waals surface area (Å²) in [6, 6.07) is 0. The summed E-state index contributed by atoms with van der Waals surface area (Å²) in [6.07, 6.45) is -6.72. The minimum atomic E-state index is -2.27. The number of carbonyl (C=O) groups is 4. The van der Waals surface area contributed by atoms with Crippen molar-refractivity contribution in [2.45, 2.75) is 63.6 Å². The van der Waals surface area contributed by atoms with Gasteiger partial charge < -0.3 is 51.1 Å². The highest BCUT2D eigenvalue weighted by Gasteiger charge is 2.30. The third kappa shape index (κ3) is 14.6. The molecule has 178 valence electrons. The maximum Gasteiger partial charge on any atom is 0.335 e. The molecule has 0 rings (SSSR count). The van der Waals surface area contributed by atoms with Crippen LogP contribution in [0.5, 0.6) is 0 Å². The van der Waals surface area contributed by atoms with Crippen LogP contribution in [0.1, 0.15) is 33.1 Å². The van der Waals surface area contributed by atoms with E-state index in [1.54, 1.807) is 0 Å². The summed E-state index contributed by atoms with van der Waals surface area (Å²) >= 11 is 0. The van der Waals surface area contributed by atoms with Gasteiger partial charge in [0.05, 0.1) is 6.10 Å². The van der Waals surface area contributed by atoms with Crippen molar-refractivity contribution in [3.05, 3.63) is 0 Å². The van der Waals surface area contributed by atoms with E-state index < -0.39 is 48.3 Å². The standard InChI is InChI=1S/C8H18O2.2C4H6O6/c1-3-5-8(10)7(4-2)6-9;2*5-1(3(7)8)2(6)4(9)10/h7-10H,3-6H2,1-2H3;2*1-2,5-6H,(H,7,8)(H,9,10). The van der Waals surface area contributed by atoms with Gasteiger partial charge in [0.25, 0.3) is 0 Å².